The van der Waals surface area contributed by atoms with Gasteiger partial charge < -0.3 is 10.6 Å². The van der Waals surface area contributed by atoms with E-state index < -0.39 is 0 Å². The number of nitrogens with one attached hydrogen (secondary N) is 2. The Kier molecular flexibility index (Phi) is 1.47. The third-order valence-corrected chi connectivity index (χ3v) is 2.01. The summed E-state index contributed by atoms with van der Waals surface area (Å²) in [5.41, 5.74) is 2.89. The van der Waals surface area contributed by atoms with E-state index in [1.807, 2.05) is 0 Å². The van der Waals surface area contributed by atoms with Crippen LogP contribution in [0.4, 0.5) is 0 Å². The Labute approximate surface area is 61.0 Å². The summed E-state index contributed by atoms with van der Waals surface area (Å²) >= 11 is 0. The van der Waals surface area contributed by atoms with E-state index in [1.165, 1.54) is 17.7 Å². The van der Waals surface area contributed by atoms with Crippen molar-refractivity contribution in [1.29, 1.82) is 0 Å². The molecule has 0 fully saturated rings. The lowest BCUT2D eigenvalue weighted by Crippen LogP contribution is -2.31. The van der Waals surface area contributed by atoms with Crippen LogP contribution in [0.15, 0.2) is 23.4 Å². The van der Waals surface area contributed by atoms with Crippen molar-refractivity contribution < 1.29 is 0 Å². The zero-order valence-corrected chi connectivity index (χ0v) is 5.98. The van der Waals surface area contributed by atoms with Gasteiger partial charge in [-0.1, -0.05) is 12.2 Å². The minimum atomic E-state index is 1.01. The van der Waals surface area contributed by atoms with E-state index >= 15 is 0 Å². The van der Waals surface area contributed by atoms with E-state index in [-0.39, 0.29) is 0 Å². The summed E-state index contributed by atoms with van der Waals surface area (Å²) in [6.07, 6.45) is 5.56. The zero-order chi connectivity index (χ0) is 6.81. The summed E-state index contributed by atoms with van der Waals surface area (Å²) in [4.78, 5) is 0. The van der Waals surface area contributed by atoms with Crippen LogP contribution < -0.4 is 10.6 Å². The average molecular weight is 136 g/mol. The van der Waals surface area contributed by atoms with Gasteiger partial charge in [-0.15, -0.1) is 0 Å². The van der Waals surface area contributed by atoms with Crippen molar-refractivity contribution in [3.8, 4) is 0 Å². The smallest absolute Gasteiger partial charge is 0.0331 e. The van der Waals surface area contributed by atoms with Crippen molar-refractivity contribution in [2.24, 2.45) is 0 Å². The van der Waals surface area contributed by atoms with Crippen molar-refractivity contribution in [2.75, 3.05) is 19.6 Å². The van der Waals surface area contributed by atoms with Crippen LogP contribution >= 0.6 is 0 Å². The van der Waals surface area contributed by atoms with Crippen LogP contribution in [0, 0.1) is 0 Å². The summed E-state index contributed by atoms with van der Waals surface area (Å²) in [5, 5.41) is 6.71. The SMILES string of the molecule is C1=CC2=C(CCNC2)NC1. The number of rotatable bonds is 0. The zero-order valence-electron chi connectivity index (χ0n) is 5.98. The van der Waals surface area contributed by atoms with Gasteiger partial charge in [0, 0.05) is 25.3 Å². The molecule has 2 rings (SSSR count). The van der Waals surface area contributed by atoms with Gasteiger partial charge in [-0.25, -0.2) is 0 Å². The van der Waals surface area contributed by atoms with Gasteiger partial charge in [0.1, 0.15) is 0 Å². The largest absolute Gasteiger partial charge is 0.385 e. The summed E-state index contributed by atoms with van der Waals surface area (Å²) in [5.74, 6) is 0. The first kappa shape index (κ1) is 5.98. The molecule has 0 radical (unpaired) electrons. The minimum absolute atomic E-state index is 1.01. The van der Waals surface area contributed by atoms with Gasteiger partial charge in [0.2, 0.25) is 0 Å². The molecule has 0 unspecified atom stereocenters. The molecular weight excluding hydrogens is 124 g/mol. The molecule has 2 N–H and O–H groups in total. The third-order valence-electron chi connectivity index (χ3n) is 2.01. The average Bonchev–Trinajstić information content (AvgIpc) is 2.05. The Balaban J connectivity index is 2.23. The van der Waals surface area contributed by atoms with Gasteiger partial charge in [-0.3, -0.25) is 0 Å². The molecule has 0 saturated carbocycles. The van der Waals surface area contributed by atoms with E-state index in [4.69, 9.17) is 0 Å². The molecule has 0 aliphatic carbocycles. The Morgan fingerprint density at radius 3 is 3.30 bits per heavy atom. The highest BCUT2D eigenvalue weighted by molar-refractivity contribution is 5.31. The van der Waals surface area contributed by atoms with Gasteiger partial charge in [-0.2, -0.15) is 0 Å². The summed E-state index contributed by atoms with van der Waals surface area (Å²) in [7, 11) is 0. The van der Waals surface area contributed by atoms with Gasteiger partial charge in [-0.05, 0) is 12.0 Å². The maximum Gasteiger partial charge on any atom is 0.0331 e. The first-order valence-electron chi connectivity index (χ1n) is 3.80. The summed E-state index contributed by atoms with van der Waals surface area (Å²) in [6.45, 7) is 3.18. The van der Waals surface area contributed by atoms with Crippen molar-refractivity contribution in [1.82, 2.24) is 10.6 Å². The molecule has 0 aromatic heterocycles. The van der Waals surface area contributed by atoms with Crippen molar-refractivity contribution in [2.45, 2.75) is 6.42 Å². The summed E-state index contributed by atoms with van der Waals surface area (Å²) in [6, 6.07) is 0. The Morgan fingerprint density at radius 2 is 2.40 bits per heavy atom. The first-order valence-corrected chi connectivity index (χ1v) is 3.80. The van der Waals surface area contributed by atoms with Crippen LogP contribution in [0.5, 0.6) is 0 Å². The standard InChI is InChI=1S/C8H12N2/c1-2-7-6-9-5-3-8(7)10-4-1/h1-2,9-10H,3-6H2. The number of dihydropyridines is 1. The lowest BCUT2D eigenvalue weighted by molar-refractivity contribution is 0.638. The molecule has 0 bridgehead atoms. The van der Waals surface area contributed by atoms with Crippen LogP contribution in [-0.2, 0) is 0 Å². The van der Waals surface area contributed by atoms with Crippen LogP contribution in [-0.4, -0.2) is 19.6 Å². The fourth-order valence-electron chi connectivity index (χ4n) is 1.45. The molecule has 0 aromatic rings. The first-order chi connectivity index (χ1) is 4.97. The lowest BCUT2D eigenvalue weighted by atomic mass is 10.1. The molecule has 0 amide bonds. The van der Waals surface area contributed by atoms with Crippen molar-refractivity contribution >= 4 is 0 Å². The van der Waals surface area contributed by atoms with Gasteiger partial charge >= 0.3 is 0 Å². The number of hydrogen-bond acceptors (Lipinski definition) is 2. The highest BCUT2D eigenvalue weighted by Gasteiger charge is 2.10. The maximum absolute atomic E-state index is 3.37. The molecule has 2 nitrogen and oxygen atoms in total. The van der Waals surface area contributed by atoms with Crippen molar-refractivity contribution in [3.63, 3.8) is 0 Å². The highest BCUT2D eigenvalue weighted by atomic mass is 14.9. The van der Waals surface area contributed by atoms with Crippen molar-refractivity contribution in [3.05, 3.63) is 23.4 Å². The van der Waals surface area contributed by atoms with Gasteiger partial charge in [0.25, 0.3) is 0 Å². The second kappa shape index (κ2) is 2.46. The molecule has 0 spiro atoms. The van der Waals surface area contributed by atoms with E-state index in [9.17, 15) is 0 Å². The van der Waals surface area contributed by atoms with Crippen LogP contribution in [0.3, 0.4) is 0 Å². The minimum Gasteiger partial charge on any atom is -0.385 e. The van der Waals surface area contributed by atoms with E-state index in [1.54, 1.807) is 0 Å². The monoisotopic (exact) mass is 136 g/mol. The topological polar surface area (TPSA) is 24.1 Å². The Bertz CT molecular complexity index is 191. The number of hydrogen-bond donors (Lipinski definition) is 2. The molecule has 2 aliphatic rings. The Morgan fingerprint density at radius 1 is 1.40 bits per heavy atom. The molecule has 54 valence electrons. The fraction of sp³-hybridized carbons (Fsp3) is 0.500. The van der Waals surface area contributed by atoms with Crippen LogP contribution in [0.25, 0.3) is 0 Å². The van der Waals surface area contributed by atoms with Crippen LogP contribution in [0.2, 0.25) is 0 Å². The molecular formula is C8H12N2. The molecule has 0 aromatic carbocycles. The predicted molar refractivity (Wildman–Crippen MR) is 41.7 cm³/mol. The molecule has 10 heavy (non-hydrogen) atoms. The molecule has 2 heterocycles. The van der Waals surface area contributed by atoms with E-state index in [0.717, 1.165) is 19.6 Å². The second-order valence-corrected chi connectivity index (χ2v) is 2.71. The lowest BCUT2D eigenvalue weighted by Gasteiger charge is -2.22. The molecule has 0 atom stereocenters. The quantitative estimate of drug-likeness (QED) is 0.503. The summed E-state index contributed by atoms with van der Waals surface area (Å²) < 4.78 is 0. The van der Waals surface area contributed by atoms with Crippen LogP contribution in [0.1, 0.15) is 6.42 Å². The molecule has 0 saturated heterocycles. The van der Waals surface area contributed by atoms with E-state index in [2.05, 4.69) is 22.8 Å². The Hall–Kier alpha value is -0.760. The van der Waals surface area contributed by atoms with Gasteiger partial charge in [0.05, 0.1) is 0 Å². The third kappa shape index (κ3) is 0.948. The molecule has 2 heteroatoms. The second-order valence-electron chi connectivity index (χ2n) is 2.71. The van der Waals surface area contributed by atoms with Gasteiger partial charge in [0.15, 0.2) is 0 Å². The fourth-order valence-corrected chi connectivity index (χ4v) is 1.45. The normalized spacial score (nSPS) is 24.0. The van der Waals surface area contributed by atoms with E-state index in [0.29, 0.717) is 0 Å². The maximum atomic E-state index is 3.37. The predicted octanol–water partition coefficient (Wildman–Crippen LogP) is 0.393. The molecule has 2 aliphatic heterocycles. The highest BCUT2D eigenvalue weighted by Crippen LogP contribution is 2.13.